The lowest BCUT2D eigenvalue weighted by molar-refractivity contribution is -0.126. The molecule has 1 atom stereocenters. The molecule has 0 saturated carbocycles. The number of rotatable bonds is 4. The van der Waals surface area contributed by atoms with Crippen LogP contribution in [0.2, 0.25) is 0 Å². The first-order valence-electron chi connectivity index (χ1n) is 5.70. The number of methoxy groups -OCH3 is 1. The molecule has 1 aromatic heterocycles. The zero-order valence-corrected chi connectivity index (χ0v) is 11.9. The van der Waals surface area contributed by atoms with E-state index in [0.29, 0.717) is 5.69 Å². The molecule has 1 unspecified atom stereocenters. The van der Waals surface area contributed by atoms with Crippen molar-refractivity contribution in [1.29, 1.82) is 0 Å². The molecule has 0 saturated heterocycles. The van der Waals surface area contributed by atoms with Crippen molar-refractivity contribution in [2.24, 2.45) is 0 Å². The minimum atomic E-state index is -0.638. The third kappa shape index (κ3) is 3.39. The summed E-state index contributed by atoms with van der Waals surface area (Å²) in [6.07, 6.45) is 2.60. The third-order valence-corrected chi connectivity index (χ3v) is 3.24. The Kier molecular flexibility index (Phi) is 4.65. The molecule has 2 rings (SSSR count). The average molecular weight is 321 g/mol. The zero-order chi connectivity index (χ0) is 13.7. The van der Waals surface area contributed by atoms with Crippen LogP contribution in [0.4, 0.5) is 5.69 Å². The number of ether oxygens (including phenoxy) is 1. The number of hydrogen-bond acceptors (Lipinski definition) is 3. The maximum atomic E-state index is 12.2. The van der Waals surface area contributed by atoms with E-state index in [2.05, 4.69) is 26.2 Å². The van der Waals surface area contributed by atoms with E-state index in [0.717, 1.165) is 10.0 Å². The number of carbonyl (C=O) groups is 1. The normalized spacial score (nSPS) is 11.9. The van der Waals surface area contributed by atoms with Gasteiger partial charge in [0.05, 0.1) is 10.2 Å². The van der Waals surface area contributed by atoms with E-state index in [9.17, 15) is 4.79 Å². The summed E-state index contributed by atoms with van der Waals surface area (Å²) in [6, 6.07) is 11.1. The van der Waals surface area contributed by atoms with Crippen LogP contribution in [-0.2, 0) is 9.53 Å². The number of hydrogen-bond donors (Lipinski definition) is 1. The highest BCUT2D eigenvalue weighted by Crippen LogP contribution is 2.23. The second kappa shape index (κ2) is 6.45. The third-order valence-electron chi connectivity index (χ3n) is 2.61. The molecule has 1 N–H and O–H groups in total. The van der Waals surface area contributed by atoms with Crippen LogP contribution in [0.25, 0.3) is 0 Å². The summed E-state index contributed by atoms with van der Waals surface area (Å²) in [7, 11) is 1.51. The molecule has 4 nitrogen and oxygen atoms in total. The van der Waals surface area contributed by atoms with E-state index in [1.54, 1.807) is 18.5 Å². The Hall–Kier alpha value is -1.72. The Morgan fingerprint density at radius 3 is 2.68 bits per heavy atom. The maximum Gasteiger partial charge on any atom is 0.258 e. The predicted octanol–water partition coefficient (Wildman–Crippen LogP) is 3.17. The number of nitrogens with one attached hydrogen (secondary N) is 1. The van der Waals surface area contributed by atoms with Gasteiger partial charge in [0.2, 0.25) is 0 Å². The van der Waals surface area contributed by atoms with E-state index in [1.807, 2.05) is 30.3 Å². The van der Waals surface area contributed by atoms with E-state index in [-0.39, 0.29) is 5.91 Å². The topological polar surface area (TPSA) is 51.2 Å². The molecule has 2 aromatic rings. The molecule has 0 bridgehead atoms. The van der Waals surface area contributed by atoms with Gasteiger partial charge in [0, 0.05) is 19.5 Å². The van der Waals surface area contributed by atoms with Crippen molar-refractivity contribution >= 4 is 27.5 Å². The number of aromatic nitrogens is 1. The van der Waals surface area contributed by atoms with Gasteiger partial charge in [-0.2, -0.15) is 0 Å². The van der Waals surface area contributed by atoms with Crippen LogP contribution in [-0.4, -0.2) is 18.0 Å². The smallest absolute Gasteiger partial charge is 0.258 e. The second-order valence-corrected chi connectivity index (χ2v) is 4.73. The van der Waals surface area contributed by atoms with Crippen molar-refractivity contribution in [3.63, 3.8) is 0 Å². The Morgan fingerprint density at radius 2 is 2.05 bits per heavy atom. The fourth-order valence-corrected chi connectivity index (χ4v) is 2.05. The van der Waals surface area contributed by atoms with Crippen LogP contribution in [0.5, 0.6) is 0 Å². The predicted molar refractivity (Wildman–Crippen MR) is 76.8 cm³/mol. The first kappa shape index (κ1) is 13.7. The number of nitrogens with zero attached hydrogens (tertiary/aromatic N) is 1. The number of benzene rings is 1. The molecule has 1 heterocycles. The van der Waals surface area contributed by atoms with Gasteiger partial charge in [-0.15, -0.1) is 0 Å². The van der Waals surface area contributed by atoms with E-state index >= 15 is 0 Å². The number of halogens is 1. The van der Waals surface area contributed by atoms with Crippen molar-refractivity contribution in [2.45, 2.75) is 6.10 Å². The van der Waals surface area contributed by atoms with Gasteiger partial charge in [0.15, 0.2) is 6.10 Å². The first-order chi connectivity index (χ1) is 9.22. The summed E-state index contributed by atoms with van der Waals surface area (Å²) in [5, 5.41) is 2.81. The lowest BCUT2D eigenvalue weighted by atomic mass is 10.1. The highest BCUT2D eigenvalue weighted by Gasteiger charge is 2.20. The van der Waals surface area contributed by atoms with Crippen molar-refractivity contribution in [3.8, 4) is 0 Å². The first-order valence-corrected chi connectivity index (χ1v) is 6.50. The Labute approximate surface area is 119 Å². The highest BCUT2D eigenvalue weighted by molar-refractivity contribution is 9.10. The lowest BCUT2D eigenvalue weighted by Gasteiger charge is -2.16. The van der Waals surface area contributed by atoms with Gasteiger partial charge in [-0.1, -0.05) is 30.3 Å². The summed E-state index contributed by atoms with van der Waals surface area (Å²) in [5.74, 6) is -0.222. The standard InChI is InChI=1S/C14H13BrN2O2/c1-19-13(10-5-3-2-4-6-10)14(18)17-12-7-8-16-9-11(12)15/h2-9,13H,1H3,(H,16,17,18). The quantitative estimate of drug-likeness (QED) is 0.941. The molecular weight excluding hydrogens is 308 g/mol. The SMILES string of the molecule is COC(C(=O)Nc1ccncc1Br)c1ccccc1. The molecule has 1 amide bonds. The van der Waals surface area contributed by atoms with Crippen molar-refractivity contribution < 1.29 is 9.53 Å². The van der Waals surface area contributed by atoms with E-state index in [4.69, 9.17) is 4.74 Å². The lowest BCUT2D eigenvalue weighted by Crippen LogP contribution is -2.22. The minimum Gasteiger partial charge on any atom is -0.367 e. The van der Waals surface area contributed by atoms with Gasteiger partial charge in [-0.05, 0) is 27.6 Å². The summed E-state index contributed by atoms with van der Waals surface area (Å²) >= 11 is 3.33. The largest absolute Gasteiger partial charge is 0.367 e. The minimum absolute atomic E-state index is 0.222. The van der Waals surface area contributed by atoms with Crippen molar-refractivity contribution in [1.82, 2.24) is 4.98 Å². The molecule has 0 aliphatic carbocycles. The number of anilines is 1. The molecule has 98 valence electrons. The van der Waals surface area contributed by atoms with E-state index < -0.39 is 6.10 Å². The Balaban J connectivity index is 2.17. The Morgan fingerprint density at radius 1 is 1.32 bits per heavy atom. The van der Waals surface area contributed by atoms with Gasteiger partial charge in [-0.3, -0.25) is 9.78 Å². The summed E-state index contributed by atoms with van der Waals surface area (Å²) < 4.78 is 6.00. The summed E-state index contributed by atoms with van der Waals surface area (Å²) in [5.41, 5.74) is 1.48. The Bertz CT molecular complexity index is 560. The van der Waals surface area contributed by atoms with Crippen LogP contribution in [0.3, 0.4) is 0 Å². The molecular formula is C14H13BrN2O2. The van der Waals surface area contributed by atoms with Gasteiger partial charge < -0.3 is 10.1 Å². The average Bonchev–Trinajstić information content (AvgIpc) is 2.43. The number of amides is 1. The molecule has 19 heavy (non-hydrogen) atoms. The summed E-state index contributed by atoms with van der Waals surface area (Å²) in [4.78, 5) is 16.2. The molecule has 0 aliphatic rings. The van der Waals surface area contributed by atoms with Gasteiger partial charge >= 0.3 is 0 Å². The fourth-order valence-electron chi connectivity index (χ4n) is 1.70. The van der Waals surface area contributed by atoms with Crippen molar-refractivity contribution in [2.75, 3.05) is 12.4 Å². The molecule has 0 radical (unpaired) electrons. The monoisotopic (exact) mass is 320 g/mol. The molecule has 5 heteroatoms. The number of carbonyl (C=O) groups excluding carboxylic acids is 1. The molecule has 1 aromatic carbocycles. The summed E-state index contributed by atoms with van der Waals surface area (Å²) in [6.45, 7) is 0. The van der Waals surface area contributed by atoms with Crippen LogP contribution < -0.4 is 5.32 Å². The number of pyridine rings is 1. The fraction of sp³-hybridized carbons (Fsp3) is 0.143. The van der Waals surface area contributed by atoms with Crippen LogP contribution >= 0.6 is 15.9 Å². The maximum absolute atomic E-state index is 12.2. The second-order valence-electron chi connectivity index (χ2n) is 3.87. The van der Waals surface area contributed by atoms with E-state index in [1.165, 1.54) is 7.11 Å². The van der Waals surface area contributed by atoms with Crippen molar-refractivity contribution in [3.05, 3.63) is 58.8 Å². The molecule has 0 aliphatic heterocycles. The van der Waals surface area contributed by atoms with Gasteiger partial charge in [0.1, 0.15) is 0 Å². The van der Waals surface area contributed by atoms with Gasteiger partial charge in [-0.25, -0.2) is 0 Å². The highest BCUT2D eigenvalue weighted by atomic mass is 79.9. The molecule has 0 fully saturated rings. The van der Waals surface area contributed by atoms with Crippen LogP contribution in [0.15, 0.2) is 53.3 Å². The zero-order valence-electron chi connectivity index (χ0n) is 10.3. The van der Waals surface area contributed by atoms with Gasteiger partial charge in [0.25, 0.3) is 5.91 Å². The van der Waals surface area contributed by atoms with Crippen LogP contribution in [0, 0.1) is 0 Å². The van der Waals surface area contributed by atoms with Crippen LogP contribution in [0.1, 0.15) is 11.7 Å². The molecule has 0 spiro atoms.